The van der Waals surface area contributed by atoms with Crippen molar-refractivity contribution in [3.8, 4) is 0 Å². The first kappa shape index (κ1) is 32.5. The minimum Gasteiger partial charge on any atom is -0.357 e. The first-order valence-corrected chi connectivity index (χ1v) is 14.7. The molecule has 41 heavy (non-hydrogen) atoms. The first-order chi connectivity index (χ1) is 19.2. The number of alkyl halides is 3. The molecule has 0 aliphatic heterocycles. The van der Waals surface area contributed by atoms with Crippen LogP contribution < -0.4 is 9.62 Å². The molecule has 0 saturated carbocycles. The molecule has 0 spiro atoms. The predicted molar refractivity (Wildman–Crippen MR) is 153 cm³/mol. The van der Waals surface area contributed by atoms with Crippen LogP contribution in [0.4, 0.5) is 18.9 Å². The van der Waals surface area contributed by atoms with Crippen molar-refractivity contribution < 1.29 is 31.2 Å². The maximum Gasteiger partial charge on any atom is 0.417 e. The van der Waals surface area contributed by atoms with Crippen LogP contribution in [-0.2, 0) is 32.3 Å². The molecule has 2 amide bonds. The van der Waals surface area contributed by atoms with Gasteiger partial charge in [0.15, 0.2) is 0 Å². The third-order valence-electron chi connectivity index (χ3n) is 6.18. The number of carbonyl (C=O) groups is 2. The molecule has 7 nitrogen and oxygen atoms in total. The van der Waals surface area contributed by atoms with Gasteiger partial charge in [-0.3, -0.25) is 13.9 Å². The number of sulfonamides is 1. The molecule has 0 unspecified atom stereocenters. The van der Waals surface area contributed by atoms with Gasteiger partial charge in [0.05, 0.1) is 21.2 Å². The van der Waals surface area contributed by atoms with Gasteiger partial charge in [-0.25, -0.2) is 8.42 Å². The van der Waals surface area contributed by atoms with Gasteiger partial charge in [-0.2, -0.15) is 13.2 Å². The van der Waals surface area contributed by atoms with E-state index in [1.54, 1.807) is 19.1 Å². The minimum atomic E-state index is -4.90. The van der Waals surface area contributed by atoms with Crippen molar-refractivity contribution >= 4 is 62.3 Å². The summed E-state index contributed by atoms with van der Waals surface area (Å²) < 4.78 is 69.2. The fourth-order valence-corrected chi connectivity index (χ4v) is 6.24. The van der Waals surface area contributed by atoms with Crippen LogP contribution in [0.1, 0.15) is 24.5 Å². The van der Waals surface area contributed by atoms with E-state index in [-0.39, 0.29) is 27.9 Å². The van der Waals surface area contributed by atoms with E-state index in [1.165, 1.54) is 43.4 Å². The van der Waals surface area contributed by atoms with Gasteiger partial charge in [0.25, 0.3) is 10.0 Å². The summed E-state index contributed by atoms with van der Waals surface area (Å²) in [7, 11) is -3.21. The Labute approximate surface area is 250 Å². The number of amides is 2. The zero-order valence-electron chi connectivity index (χ0n) is 21.8. The third kappa shape index (κ3) is 7.45. The Morgan fingerprint density at radius 1 is 0.927 bits per heavy atom. The van der Waals surface area contributed by atoms with Gasteiger partial charge >= 0.3 is 6.18 Å². The molecule has 0 heterocycles. The van der Waals surface area contributed by atoms with Crippen LogP contribution >= 0.6 is 34.8 Å². The highest BCUT2D eigenvalue weighted by atomic mass is 35.5. The van der Waals surface area contributed by atoms with Crippen molar-refractivity contribution in [2.24, 2.45) is 0 Å². The number of halogens is 6. The summed E-state index contributed by atoms with van der Waals surface area (Å²) in [6.07, 6.45) is -4.78. The lowest BCUT2D eigenvalue weighted by Crippen LogP contribution is -2.51. The molecule has 0 aromatic heterocycles. The monoisotopic (exact) mass is 649 g/mol. The SMILES string of the molecule is CC[C@H](C(=O)NC)N(Cc1c(Cl)cccc1Cl)C(=O)CN(c1ccc(Cl)c(C(F)(F)F)c1)S(=O)(=O)c1ccccc1. The molecule has 1 N–H and O–H groups in total. The standard InChI is InChI=1S/C27H25Cl3F3N3O4S/c1-3-24(26(38)34-2)35(15-19-21(28)10-7-11-22(19)29)25(37)16-36(41(39,40)18-8-5-4-6-9-18)17-12-13-23(30)20(14-17)27(31,32)33/h4-14,24H,3,15-16H2,1-2H3,(H,34,38)/t24-/m1/s1. The molecule has 1 atom stereocenters. The summed E-state index contributed by atoms with van der Waals surface area (Å²) in [5.41, 5.74) is -1.44. The zero-order chi connectivity index (χ0) is 30.5. The van der Waals surface area contributed by atoms with Crippen molar-refractivity contribution in [3.63, 3.8) is 0 Å². The molecule has 3 aromatic carbocycles. The topological polar surface area (TPSA) is 86.8 Å². The third-order valence-corrected chi connectivity index (χ3v) is 9.00. The number of nitrogens with one attached hydrogen (secondary N) is 1. The van der Waals surface area contributed by atoms with E-state index >= 15 is 0 Å². The van der Waals surface area contributed by atoms with Gasteiger partial charge in [0.1, 0.15) is 12.6 Å². The Kier molecular flexibility index (Phi) is 10.6. The molecule has 0 bridgehead atoms. The molecular weight excluding hydrogens is 626 g/mol. The van der Waals surface area contributed by atoms with Crippen LogP contribution in [0.3, 0.4) is 0 Å². The average Bonchev–Trinajstić information content (AvgIpc) is 2.93. The van der Waals surface area contributed by atoms with Crippen molar-refractivity contribution in [1.29, 1.82) is 0 Å². The highest BCUT2D eigenvalue weighted by molar-refractivity contribution is 7.92. The quantitative estimate of drug-likeness (QED) is 0.275. The summed E-state index contributed by atoms with van der Waals surface area (Å²) in [5, 5.41) is 2.21. The summed E-state index contributed by atoms with van der Waals surface area (Å²) in [6.45, 7) is 0.407. The molecule has 0 saturated heterocycles. The van der Waals surface area contributed by atoms with Crippen molar-refractivity contribution in [2.75, 3.05) is 17.9 Å². The number of anilines is 1. The fourth-order valence-electron chi connectivity index (χ4n) is 4.07. The van der Waals surface area contributed by atoms with Crippen LogP contribution in [-0.4, -0.2) is 44.8 Å². The Hall–Kier alpha value is -2.99. The Balaban J connectivity index is 2.17. The number of nitrogens with zero attached hydrogens (tertiary/aromatic N) is 2. The minimum absolute atomic E-state index is 0.123. The van der Waals surface area contributed by atoms with E-state index in [1.807, 2.05) is 0 Å². The smallest absolute Gasteiger partial charge is 0.357 e. The number of rotatable bonds is 10. The number of likely N-dealkylation sites (N-methyl/N-ethyl adjacent to an activating group) is 1. The van der Waals surface area contributed by atoms with Gasteiger partial charge in [0, 0.05) is 29.2 Å². The maximum atomic E-state index is 13.9. The number of carbonyl (C=O) groups excluding carboxylic acids is 2. The van der Waals surface area contributed by atoms with E-state index in [0.29, 0.717) is 15.9 Å². The largest absolute Gasteiger partial charge is 0.417 e. The summed E-state index contributed by atoms with van der Waals surface area (Å²) in [6, 6.07) is 13.0. The Morgan fingerprint density at radius 2 is 1.54 bits per heavy atom. The molecule has 0 aliphatic rings. The molecule has 3 rings (SSSR count). The van der Waals surface area contributed by atoms with Gasteiger partial charge in [-0.15, -0.1) is 0 Å². The molecule has 0 aliphatic carbocycles. The lowest BCUT2D eigenvalue weighted by Gasteiger charge is -2.33. The highest BCUT2D eigenvalue weighted by Crippen LogP contribution is 2.38. The van der Waals surface area contributed by atoms with Crippen LogP contribution in [0.5, 0.6) is 0 Å². The molecule has 14 heteroatoms. The number of benzene rings is 3. The highest BCUT2D eigenvalue weighted by Gasteiger charge is 2.37. The van der Waals surface area contributed by atoms with E-state index in [2.05, 4.69) is 5.32 Å². The van der Waals surface area contributed by atoms with Gasteiger partial charge < -0.3 is 10.2 Å². The molecular formula is C27H25Cl3F3N3O4S. The van der Waals surface area contributed by atoms with E-state index < -0.39 is 56.9 Å². The van der Waals surface area contributed by atoms with Gasteiger partial charge in [0.2, 0.25) is 11.8 Å². The second-order valence-corrected chi connectivity index (χ2v) is 11.8. The van der Waals surface area contributed by atoms with E-state index in [9.17, 15) is 31.2 Å². The van der Waals surface area contributed by atoms with Gasteiger partial charge in [-0.1, -0.05) is 66.0 Å². The first-order valence-electron chi connectivity index (χ1n) is 12.1. The second kappa shape index (κ2) is 13.3. The van der Waals surface area contributed by atoms with E-state index in [0.717, 1.165) is 17.0 Å². The molecule has 3 aromatic rings. The maximum absolute atomic E-state index is 13.9. The fraction of sp³-hybridized carbons (Fsp3) is 0.259. The van der Waals surface area contributed by atoms with Crippen molar-refractivity contribution in [3.05, 3.63) is 92.9 Å². The average molecular weight is 651 g/mol. The second-order valence-electron chi connectivity index (χ2n) is 8.75. The predicted octanol–water partition coefficient (Wildman–Crippen LogP) is 6.41. The van der Waals surface area contributed by atoms with Crippen LogP contribution in [0.2, 0.25) is 15.1 Å². The number of hydrogen-bond donors (Lipinski definition) is 1. The van der Waals surface area contributed by atoms with Crippen molar-refractivity contribution in [2.45, 2.75) is 37.0 Å². The zero-order valence-corrected chi connectivity index (χ0v) is 24.8. The lowest BCUT2D eigenvalue weighted by molar-refractivity contribution is -0.140. The Bertz CT molecular complexity index is 1500. The summed E-state index contributed by atoms with van der Waals surface area (Å²) in [5.74, 6) is -1.44. The molecule has 220 valence electrons. The Morgan fingerprint density at radius 3 is 2.07 bits per heavy atom. The van der Waals surface area contributed by atoms with Crippen LogP contribution in [0.25, 0.3) is 0 Å². The normalized spacial score (nSPS) is 12.5. The number of hydrogen-bond acceptors (Lipinski definition) is 4. The summed E-state index contributed by atoms with van der Waals surface area (Å²) >= 11 is 18.4. The summed E-state index contributed by atoms with van der Waals surface area (Å²) in [4.78, 5) is 27.5. The lowest BCUT2D eigenvalue weighted by atomic mass is 10.1. The van der Waals surface area contributed by atoms with Crippen LogP contribution in [0.15, 0.2) is 71.6 Å². The molecule has 0 radical (unpaired) electrons. The molecule has 0 fully saturated rings. The van der Waals surface area contributed by atoms with Gasteiger partial charge in [-0.05, 0) is 48.9 Å². The van der Waals surface area contributed by atoms with E-state index in [4.69, 9.17) is 34.8 Å². The van der Waals surface area contributed by atoms with Crippen molar-refractivity contribution in [1.82, 2.24) is 10.2 Å². The van der Waals surface area contributed by atoms with Crippen LogP contribution in [0, 0.1) is 0 Å².